The van der Waals surface area contributed by atoms with Crippen molar-refractivity contribution in [3.05, 3.63) is 94.6 Å². The Bertz CT molecular complexity index is 1460. The summed E-state index contributed by atoms with van der Waals surface area (Å²) in [5, 5.41) is 38.7. The molecule has 0 radical (unpaired) electrons. The van der Waals surface area contributed by atoms with Crippen molar-refractivity contribution >= 4 is 72.6 Å². The molecule has 1 aliphatic rings. The monoisotopic (exact) mass is 867 g/mol. The van der Waals surface area contributed by atoms with Gasteiger partial charge in [-0.1, -0.05) is 50.2 Å². The molecular formula is C25H20Br2ClCsFN3O10. The van der Waals surface area contributed by atoms with Crippen LogP contribution in [0.3, 0.4) is 0 Å². The van der Waals surface area contributed by atoms with Gasteiger partial charge in [0.2, 0.25) is 11.7 Å². The SMILES string of the molecule is O=C(Nc1ccc(Br)c(Oc2ccccc2Cl)c1[N+](=O)[O-])C1CCOCC1.O=C(O)O.O=[N+]([O-])c1[c-]ccc(Br)c1F.[Cs+]. The van der Waals surface area contributed by atoms with Gasteiger partial charge in [-0.15, -0.1) is 0 Å². The average molecular weight is 870 g/mol. The van der Waals surface area contributed by atoms with Crippen molar-refractivity contribution in [3.63, 3.8) is 0 Å². The van der Waals surface area contributed by atoms with E-state index in [4.69, 9.17) is 36.1 Å². The summed E-state index contributed by atoms with van der Waals surface area (Å²) in [5.74, 6) is -1.16. The molecule has 18 heteroatoms. The van der Waals surface area contributed by atoms with E-state index in [1.165, 1.54) is 18.2 Å². The van der Waals surface area contributed by atoms with Crippen molar-refractivity contribution in [2.75, 3.05) is 18.5 Å². The number of nitro benzene ring substituents is 2. The Labute approximate surface area is 324 Å². The van der Waals surface area contributed by atoms with Crippen LogP contribution in [0, 0.1) is 38.0 Å². The second-order valence-corrected chi connectivity index (χ2v) is 10.1. The molecule has 224 valence electrons. The number of carbonyl (C=O) groups excluding carboxylic acids is 1. The molecule has 0 bridgehead atoms. The molecule has 43 heavy (non-hydrogen) atoms. The number of ether oxygens (including phenoxy) is 2. The number of nitrogens with zero attached hydrogens (tertiary/aromatic N) is 2. The minimum absolute atomic E-state index is 0. The number of para-hydroxylation sites is 1. The molecule has 4 rings (SSSR count). The van der Waals surface area contributed by atoms with E-state index in [-0.39, 0.29) is 108 Å². The van der Waals surface area contributed by atoms with Gasteiger partial charge in [0.15, 0.2) is 5.69 Å². The number of hydrogen-bond acceptors (Lipinski definition) is 8. The van der Waals surface area contributed by atoms with Crippen molar-refractivity contribution in [3.8, 4) is 11.5 Å². The Balaban J connectivity index is 0.000000480. The van der Waals surface area contributed by atoms with Crippen LogP contribution in [-0.4, -0.2) is 45.3 Å². The van der Waals surface area contributed by atoms with E-state index in [0.29, 0.717) is 35.6 Å². The summed E-state index contributed by atoms with van der Waals surface area (Å²) < 4.78 is 24.1. The summed E-state index contributed by atoms with van der Waals surface area (Å²) in [6, 6.07) is 14.5. The second-order valence-electron chi connectivity index (χ2n) is 7.97. The van der Waals surface area contributed by atoms with Crippen molar-refractivity contribution in [2.24, 2.45) is 5.92 Å². The summed E-state index contributed by atoms with van der Waals surface area (Å²) in [5.41, 5.74) is -0.911. The van der Waals surface area contributed by atoms with E-state index in [1.807, 2.05) is 0 Å². The van der Waals surface area contributed by atoms with Crippen LogP contribution in [0.25, 0.3) is 0 Å². The number of rotatable bonds is 6. The first-order valence-electron chi connectivity index (χ1n) is 11.5. The molecule has 13 nitrogen and oxygen atoms in total. The van der Waals surface area contributed by atoms with Gasteiger partial charge in [0.25, 0.3) is 0 Å². The number of hydrogen-bond donors (Lipinski definition) is 3. The minimum atomic E-state index is -1.83. The quantitative estimate of drug-likeness (QED) is 0.178. The van der Waals surface area contributed by atoms with Crippen molar-refractivity contribution < 1.29 is 112 Å². The summed E-state index contributed by atoms with van der Waals surface area (Å²) >= 11 is 12.2. The van der Waals surface area contributed by atoms with Gasteiger partial charge in [-0.2, -0.15) is 12.1 Å². The maximum Gasteiger partial charge on any atom is 1.00 e. The normalized spacial score (nSPS) is 12.2. The third kappa shape index (κ3) is 12.6. The fourth-order valence-corrected chi connectivity index (χ4v) is 4.23. The van der Waals surface area contributed by atoms with Crippen molar-refractivity contribution in [1.82, 2.24) is 0 Å². The Hall–Kier alpha value is -1.81. The number of anilines is 1. The zero-order valence-electron chi connectivity index (χ0n) is 22.1. The molecule has 0 saturated carbocycles. The van der Waals surface area contributed by atoms with Gasteiger partial charge in [0.05, 0.1) is 20.2 Å². The van der Waals surface area contributed by atoms with Crippen LogP contribution in [0.5, 0.6) is 11.5 Å². The topological polar surface area (TPSA) is 191 Å². The van der Waals surface area contributed by atoms with E-state index < -0.39 is 27.5 Å². The number of halogens is 4. The van der Waals surface area contributed by atoms with Crippen LogP contribution >= 0.6 is 43.5 Å². The number of nitrogens with one attached hydrogen (secondary N) is 1. The molecule has 1 fully saturated rings. The van der Waals surface area contributed by atoms with Crippen LogP contribution < -0.4 is 78.9 Å². The largest absolute Gasteiger partial charge is 1.00 e. The zero-order valence-corrected chi connectivity index (χ0v) is 32.3. The first kappa shape index (κ1) is 39.2. The molecule has 0 unspecified atom stereocenters. The van der Waals surface area contributed by atoms with Gasteiger partial charge in [-0.3, -0.25) is 29.4 Å². The molecule has 0 aromatic heterocycles. The second kappa shape index (κ2) is 19.6. The molecule has 1 heterocycles. The van der Waals surface area contributed by atoms with E-state index in [9.17, 15) is 29.4 Å². The van der Waals surface area contributed by atoms with Gasteiger partial charge >= 0.3 is 80.7 Å². The predicted molar refractivity (Wildman–Crippen MR) is 155 cm³/mol. The standard InChI is InChI=1S/C18H16BrClN2O5.C6H2BrFNO2.CH2O3.Cs/c19-12-5-6-14(21-18(23)11-7-9-26-10-8-11)16(22(24)25)17(12)27-15-4-2-1-3-13(15)20;7-4-2-1-3-5(6(4)8)9(10)11;2-1(3)4;/h1-6,11H,7-10H2,(H,21,23);1-2H;(H2,2,3,4);/q;-1;;+1. The maximum absolute atomic E-state index is 12.7. The van der Waals surface area contributed by atoms with Crippen molar-refractivity contribution in [1.29, 1.82) is 0 Å². The average Bonchev–Trinajstić information content (AvgIpc) is 2.93. The van der Waals surface area contributed by atoms with E-state index in [2.05, 4.69) is 43.2 Å². The molecule has 3 aromatic carbocycles. The van der Waals surface area contributed by atoms with Gasteiger partial charge in [0.1, 0.15) is 11.4 Å². The number of nitro groups is 2. The fraction of sp³-hybridized carbons (Fsp3) is 0.200. The zero-order chi connectivity index (χ0) is 31.4. The minimum Gasteiger partial charge on any atom is -0.450 e. The molecule has 0 atom stereocenters. The van der Waals surface area contributed by atoms with Crippen LogP contribution in [0.2, 0.25) is 5.02 Å². The van der Waals surface area contributed by atoms with Crippen LogP contribution in [0.15, 0.2) is 57.5 Å². The Morgan fingerprint density at radius 2 is 1.65 bits per heavy atom. The van der Waals surface area contributed by atoms with E-state index >= 15 is 0 Å². The summed E-state index contributed by atoms with van der Waals surface area (Å²) in [4.78, 5) is 41.5. The Kier molecular flexibility index (Phi) is 17.8. The fourth-order valence-electron chi connectivity index (χ4n) is 3.33. The summed E-state index contributed by atoms with van der Waals surface area (Å²) in [6.07, 6.45) is -0.668. The van der Waals surface area contributed by atoms with E-state index in [1.54, 1.807) is 30.3 Å². The third-order valence-corrected chi connectivity index (χ3v) is 6.76. The van der Waals surface area contributed by atoms with Gasteiger partial charge in [-0.25, -0.2) is 4.79 Å². The molecule has 3 aromatic rings. The molecule has 1 saturated heterocycles. The molecule has 1 amide bonds. The van der Waals surface area contributed by atoms with Gasteiger partial charge in [-0.05, 0) is 53.0 Å². The maximum atomic E-state index is 12.7. The number of benzene rings is 3. The summed E-state index contributed by atoms with van der Waals surface area (Å²) in [7, 11) is 0. The molecule has 0 spiro atoms. The van der Waals surface area contributed by atoms with Gasteiger partial charge < -0.3 is 25.0 Å². The molecule has 3 N–H and O–H groups in total. The van der Waals surface area contributed by atoms with Gasteiger partial charge in [0, 0.05) is 24.1 Å². The first-order valence-corrected chi connectivity index (χ1v) is 13.5. The smallest absolute Gasteiger partial charge is 0.450 e. The summed E-state index contributed by atoms with van der Waals surface area (Å²) in [6.45, 7) is 1.00. The number of carboxylic acid groups (broad SMARTS) is 2. The Morgan fingerprint density at radius 3 is 2.19 bits per heavy atom. The molecule has 1 aliphatic heterocycles. The molecular weight excluding hydrogens is 849 g/mol. The van der Waals surface area contributed by atoms with Crippen molar-refractivity contribution in [2.45, 2.75) is 12.8 Å². The Morgan fingerprint density at radius 1 is 1.05 bits per heavy atom. The number of carbonyl (C=O) groups is 2. The first-order chi connectivity index (χ1) is 19.8. The van der Waals surface area contributed by atoms with Crippen LogP contribution in [-0.2, 0) is 9.53 Å². The predicted octanol–water partition coefficient (Wildman–Crippen LogP) is 4.69. The molecule has 0 aliphatic carbocycles. The van der Waals surface area contributed by atoms with Crippen LogP contribution in [0.4, 0.5) is 26.2 Å². The third-order valence-electron chi connectivity index (χ3n) is 5.21. The number of amides is 1. The van der Waals surface area contributed by atoms with Crippen LogP contribution in [0.1, 0.15) is 12.8 Å². The van der Waals surface area contributed by atoms with E-state index in [0.717, 1.165) is 0 Å².